The normalized spacial score (nSPS) is 41.1. The molecule has 5 aliphatic rings. The highest BCUT2D eigenvalue weighted by Gasteiger charge is 2.59. The summed E-state index contributed by atoms with van der Waals surface area (Å²) >= 11 is 0. The minimum absolute atomic E-state index is 0.134. The number of likely N-dealkylation sites (N-methyl/N-ethyl adjacent to an activating group) is 1. The number of nitriles is 1. The lowest BCUT2D eigenvalue weighted by Gasteiger charge is -2.50. The molecule has 0 radical (unpaired) electrons. The predicted molar refractivity (Wildman–Crippen MR) is 262 cm³/mol. The summed E-state index contributed by atoms with van der Waals surface area (Å²) in [5.41, 5.74) is 1.05. The molecule has 19 heteroatoms. The third kappa shape index (κ3) is 13.6. The molecule has 4 fully saturated rings. The van der Waals surface area contributed by atoms with Gasteiger partial charge in [0.25, 0.3) is 0 Å². The van der Waals surface area contributed by atoms with E-state index in [0.717, 1.165) is 24.8 Å². The van der Waals surface area contributed by atoms with Crippen LogP contribution >= 0.6 is 0 Å². The SMILES string of the molecule is CC[C@H]1OC(=O)[C@H](C)[C@@H](O[C@H]2C[C@@](C)(OC)[C@@H](OCCC#N)[C@H](C)O2)[C@H](C)[C@@H](O[C@@H]2O[C@H](C)C[C@H](N(C)C)[C@H]2OC(C)=O)[C@](C)(OC)C/C(C)=C(/NOC2(OC(C)C)CCCCC2)[C@H](C)[C@H]2OC(=O)O[C@@]21C. The number of carbonyl (C=O) groups excluding carboxylic acids is 3. The fourth-order valence-electron chi connectivity index (χ4n) is 12.0. The Morgan fingerprint density at radius 3 is 2.17 bits per heavy atom. The van der Waals surface area contributed by atoms with E-state index in [4.69, 9.17) is 61.7 Å². The number of hydroxylamine groups is 1. The van der Waals surface area contributed by atoms with Crippen LogP contribution < -0.4 is 5.48 Å². The zero-order valence-corrected chi connectivity index (χ0v) is 46.4. The molecular weight excluding hydrogens is 935 g/mol. The number of hydrogen-bond acceptors (Lipinski definition) is 19. The van der Waals surface area contributed by atoms with Crippen molar-refractivity contribution in [3.8, 4) is 6.07 Å². The summed E-state index contributed by atoms with van der Waals surface area (Å²) in [5.74, 6) is -4.46. The van der Waals surface area contributed by atoms with E-state index in [0.29, 0.717) is 25.0 Å². The average molecular weight is 1020 g/mol. The van der Waals surface area contributed by atoms with Crippen molar-refractivity contribution in [1.29, 1.82) is 5.26 Å². The Bertz CT molecular complexity index is 1890. The molecule has 412 valence electrons. The lowest BCUT2D eigenvalue weighted by atomic mass is 9.76. The fourth-order valence-corrected chi connectivity index (χ4v) is 12.0. The Kier molecular flexibility index (Phi) is 20.8. The lowest BCUT2D eigenvalue weighted by molar-refractivity contribution is -0.321. The van der Waals surface area contributed by atoms with Crippen LogP contribution in [-0.2, 0) is 71.3 Å². The van der Waals surface area contributed by atoms with Crippen molar-refractivity contribution in [3.05, 3.63) is 11.3 Å². The van der Waals surface area contributed by atoms with Gasteiger partial charge in [-0.05, 0) is 108 Å². The van der Waals surface area contributed by atoms with Gasteiger partial charge in [-0.25, -0.2) is 9.63 Å². The number of hydrogen-bond donors (Lipinski definition) is 1. The van der Waals surface area contributed by atoms with E-state index in [9.17, 15) is 14.9 Å². The van der Waals surface area contributed by atoms with Gasteiger partial charge in [0, 0.05) is 64.4 Å². The molecule has 1 saturated carbocycles. The molecule has 0 unspecified atom stereocenters. The van der Waals surface area contributed by atoms with E-state index in [-0.39, 0.29) is 50.5 Å². The van der Waals surface area contributed by atoms with Gasteiger partial charge >= 0.3 is 18.1 Å². The van der Waals surface area contributed by atoms with Gasteiger partial charge in [-0.3, -0.25) is 15.1 Å². The van der Waals surface area contributed by atoms with Crippen LogP contribution in [0.3, 0.4) is 0 Å². The zero-order valence-electron chi connectivity index (χ0n) is 46.4. The monoisotopic (exact) mass is 1020 g/mol. The molecule has 0 amide bonds. The molecule has 0 aromatic carbocycles. The highest BCUT2D eigenvalue weighted by atomic mass is 16.8. The summed E-state index contributed by atoms with van der Waals surface area (Å²) in [6.45, 7) is 24.3. The van der Waals surface area contributed by atoms with Gasteiger partial charge in [0.05, 0.1) is 72.8 Å². The minimum atomic E-state index is -1.46. The van der Waals surface area contributed by atoms with Crippen molar-refractivity contribution in [2.45, 2.75) is 250 Å². The summed E-state index contributed by atoms with van der Waals surface area (Å²) in [6, 6.07) is 1.84. The molecule has 1 N–H and O–H groups in total. The molecule has 0 aromatic rings. The molecule has 0 aromatic heterocycles. The van der Waals surface area contributed by atoms with Gasteiger partial charge in [-0.15, -0.1) is 0 Å². The number of nitrogens with zero attached hydrogens (tertiary/aromatic N) is 2. The molecule has 0 spiro atoms. The molecule has 0 bridgehead atoms. The molecule has 4 heterocycles. The second-order valence-electron chi connectivity index (χ2n) is 22.1. The molecule has 17 atom stereocenters. The Balaban J connectivity index is 1.73. The first kappa shape index (κ1) is 59.7. The highest BCUT2D eigenvalue weighted by Crippen LogP contribution is 2.45. The van der Waals surface area contributed by atoms with Crippen molar-refractivity contribution in [2.24, 2.45) is 17.8 Å². The summed E-state index contributed by atoms with van der Waals surface area (Å²) < 4.78 is 77.9. The predicted octanol–water partition coefficient (Wildman–Crippen LogP) is 7.81. The van der Waals surface area contributed by atoms with E-state index in [1.54, 1.807) is 28.1 Å². The first-order chi connectivity index (χ1) is 33.8. The Morgan fingerprint density at radius 2 is 1.58 bits per heavy atom. The van der Waals surface area contributed by atoms with Crippen LogP contribution in [0.1, 0.15) is 154 Å². The smallest absolute Gasteiger partial charge is 0.458 e. The van der Waals surface area contributed by atoms with Gasteiger partial charge in [0.15, 0.2) is 36.2 Å². The number of ether oxygens (including phenoxy) is 12. The summed E-state index contributed by atoms with van der Waals surface area (Å²) in [5, 5.41) is 9.28. The second-order valence-corrected chi connectivity index (χ2v) is 22.1. The van der Waals surface area contributed by atoms with Crippen molar-refractivity contribution in [1.82, 2.24) is 10.4 Å². The van der Waals surface area contributed by atoms with Gasteiger partial charge in [-0.1, -0.05) is 27.2 Å². The standard InChI is InChI=1S/C53H89N3O16/c1-18-39-52(13)45(69-49(59)71-52)33(6)41(55-72-53(70-30(2)3)23-20-19-21-24-53)31(4)28-50(11,60-16)44(68-48-43(65-37(10)57)38(56(14)15)27-32(5)63-48)34(7)42(35(8)47(58)66-39)67-40-29-51(12,61-17)46(36(9)64-40)62-26-22-25-54/h30,32-36,38-40,42-46,48,55H,18-24,26-29H2,1-17H3/b41-31+/t32-,33+,34+,35-,36+,38+,39-,40+,42+,43-,44-,45-,46+,48+,50-,51-,52-/m1/s1. The first-order valence-electron chi connectivity index (χ1n) is 26.3. The minimum Gasteiger partial charge on any atom is -0.458 e. The maximum atomic E-state index is 15.1. The number of cyclic esters (lactones) is 1. The van der Waals surface area contributed by atoms with Gasteiger partial charge in [0.1, 0.15) is 12.2 Å². The van der Waals surface area contributed by atoms with Crippen LogP contribution in [0.15, 0.2) is 11.3 Å². The number of methoxy groups -OCH3 is 2. The molecule has 1 aliphatic carbocycles. The van der Waals surface area contributed by atoms with E-state index in [2.05, 4.69) is 11.5 Å². The largest absolute Gasteiger partial charge is 0.509 e. The third-order valence-corrected chi connectivity index (χ3v) is 15.8. The first-order valence-corrected chi connectivity index (χ1v) is 26.3. The van der Waals surface area contributed by atoms with Crippen LogP contribution in [0.2, 0.25) is 0 Å². The van der Waals surface area contributed by atoms with Crippen LogP contribution in [-0.4, -0.2) is 154 Å². The Labute approximate surface area is 429 Å². The number of fused-ring (bicyclic) bond motifs is 1. The Morgan fingerprint density at radius 1 is 0.917 bits per heavy atom. The van der Waals surface area contributed by atoms with Gasteiger partial charge in [0.2, 0.25) is 0 Å². The van der Waals surface area contributed by atoms with Gasteiger partial charge < -0.3 is 61.7 Å². The van der Waals surface area contributed by atoms with Gasteiger partial charge in [-0.2, -0.15) is 5.26 Å². The summed E-state index contributed by atoms with van der Waals surface area (Å²) in [6.07, 6.45) is -3.75. The maximum absolute atomic E-state index is 15.1. The van der Waals surface area contributed by atoms with Crippen LogP contribution in [0, 0.1) is 29.1 Å². The van der Waals surface area contributed by atoms with Crippen LogP contribution in [0.5, 0.6) is 0 Å². The fraction of sp³-hybridized carbons (Fsp3) is 0.887. The van der Waals surface area contributed by atoms with Crippen molar-refractivity contribution in [2.75, 3.05) is 34.9 Å². The number of carbonyl (C=O) groups is 3. The highest BCUT2D eigenvalue weighted by molar-refractivity contribution is 5.73. The second kappa shape index (κ2) is 25.1. The van der Waals surface area contributed by atoms with Crippen molar-refractivity contribution in [3.63, 3.8) is 0 Å². The number of esters is 2. The third-order valence-electron chi connectivity index (χ3n) is 15.8. The molecule has 4 aliphatic heterocycles. The summed E-state index contributed by atoms with van der Waals surface area (Å²) in [4.78, 5) is 50.1. The van der Waals surface area contributed by atoms with Crippen molar-refractivity contribution >= 4 is 18.1 Å². The molecule has 19 nitrogen and oxygen atoms in total. The van der Waals surface area contributed by atoms with E-state index in [1.165, 1.54) is 6.92 Å². The lowest BCUT2D eigenvalue weighted by Crippen LogP contribution is -2.61. The molecule has 5 rings (SSSR count). The maximum Gasteiger partial charge on any atom is 0.509 e. The Hall–Kier alpha value is -3.16. The number of rotatable bonds is 17. The quantitative estimate of drug-likeness (QED) is 0.0484. The van der Waals surface area contributed by atoms with E-state index < -0.39 is 114 Å². The van der Waals surface area contributed by atoms with Crippen molar-refractivity contribution < 1.29 is 76.1 Å². The molecule has 72 heavy (non-hydrogen) atoms. The average Bonchev–Trinajstić information content (AvgIpc) is 3.63. The zero-order chi connectivity index (χ0) is 53.5. The molecule has 3 saturated heterocycles. The van der Waals surface area contributed by atoms with E-state index >= 15 is 4.79 Å². The van der Waals surface area contributed by atoms with Crippen LogP contribution in [0.4, 0.5) is 4.79 Å². The molecular formula is C53H89N3O16. The number of nitrogens with one attached hydrogen (secondary N) is 1. The van der Waals surface area contributed by atoms with Crippen LogP contribution in [0.25, 0.3) is 0 Å². The van der Waals surface area contributed by atoms with E-state index in [1.807, 2.05) is 88.2 Å². The summed E-state index contributed by atoms with van der Waals surface area (Å²) in [7, 11) is 7.04. The topological polar surface area (TPSA) is 210 Å².